The first-order chi connectivity index (χ1) is 16.9. The Morgan fingerprint density at radius 1 is 0.889 bits per heavy atom. The summed E-state index contributed by atoms with van der Waals surface area (Å²) in [6.45, 7) is 16.3. The third-order valence-corrected chi connectivity index (χ3v) is 10.7. The SMILES string of the molecule is CCC[C@@](C)(O)OCC1C[C@H](C)CC[C@H]1C(C)C(O)C(O)C(C)[C@@H]1CC[C@@H](C)C2CCC(C)OCC21. The van der Waals surface area contributed by atoms with E-state index in [-0.39, 0.29) is 17.8 Å². The summed E-state index contributed by atoms with van der Waals surface area (Å²) in [4.78, 5) is 0. The van der Waals surface area contributed by atoms with E-state index >= 15 is 0 Å². The Hall–Kier alpha value is -0.200. The van der Waals surface area contributed by atoms with Gasteiger partial charge in [0.15, 0.2) is 5.79 Å². The first-order valence-corrected chi connectivity index (χ1v) is 15.3. The van der Waals surface area contributed by atoms with Crippen LogP contribution in [-0.2, 0) is 9.47 Å². The Labute approximate surface area is 221 Å². The average molecular weight is 511 g/mol. The maximum atomic E-state index is 11.5. The zero-order valence-electron chi connectivity index (χ0n) is 24.4. The van der Waals surface area contributed by atoms with Crippen molar-refractivity contribution in [3.8, 4) is 0 Å². The highest BCUT2D eigenvalue weighted by Crippen LogP contribution is 2.48. The summed E-state index contributed by atoms with van der Waals surface area (Å²) in [7, 11) is 0. The molecule has 3 fully saturated rings. The van der Waals surface area contributed by atoms with Crippen LogP contribution in [0.1, 0.15) is 106 Å². The normalized spacial score (nSPS) is 40.8. The molecule has 1 saturated heterocycles. The quantitative estimate of drug-likeness (QED) is 0.313. The van der Waals surface area contributed by atoms with Gasteiger partial charge in [-0.15, -0.1) is 0 Å². The highest BCUT2D eigenvalue weighted by molar-refractivity contribution is 4.94. The number of aliphatic hydroxyl groups is 3. The summed E-state index contributed by atoms with van der Waals surface area (Å²) in [5.74, 6) is 2.38. The monoisotopic (exact) mass is 510 g/mol. The van der Waals surface area contributed by atoms with Crippen LogP contribution in [0, 0.1) is 53.3 Å². The van der Waals surface area contributed by atoms with Crippen LogP contribution in [0.4, 0.5) is 0 Å². The predicted molar refractivity (Wildman–Crippen MR) is 145 cm³/mol. The average Bonchev–Trinajstić information content (AvgIpc) is 3.04. The van der Waals surface area contributed by atoms with E-state index in [1.807, 2.05) is 0 Å². The summed E-state index contributed by atoms with van der Waals surface area (Å²) in [6, 6.07) is 0. The lowest BCUT2D eigenvalue weighted by Gasteiger charge is -2.46. The Morgan fingerprint density at radius 3 is 2.19 bits per heavy atom. The van der Waals surface area contributed by atoms with Crippen LogP contribution in [-0.4, -0.2) is 52.6 Å². The van der Waals surface area contributed by atoms with Gasteiger partial charge < -0.3 is 24.8 Å². The van der Waals surface area contributed by atoms with E-state index in [9.17, 15) is 15.3 Å². The minimum atomic E-state index is -1.09. The number of aliphatic hydroxyl groups excluding tert-OH is 2. The van der Waals surface area contributed by atoms with Gasteiger partial charge in [0.05, 0.1) is 31.5 Å². The summed E-state index contributed by atoms with van der Waals surface area (Å²) in [5.41, 5.74) is 0. The van der Waals surface area contributed by atoms with Crippen molar-refractivity contribution in [1.29, 1.82) is 0 Å². The highest BCUT2D eigenvalue weighted by atomic mass is 16.6. The maximum absolute atomic E-state index is 11.5. The number of rotatable bonds is 10. The van der Waals surface area contributed by atoms with Gasteiger partial charge in [-0.25, -0.2) is 0 Å². The molecule has 0 radical (unpaired) electrons. The third-order valence-electron chi connectivity index (χ3n) is 10.7. The lowest BCUT2D eigenvalue weighted by molar-refractivity contribution is -0.208. The van der Waals surface area contributed by atoms with Gasteiger partial charge in [-0.1, -0.05) is 53.9 Å². The van der Waals surface area contributed by atoms with Crippen molar-refractivity contribution in [1.82, 2.24) is 0 Å². The number of ether oxygens (including phenoxy) is 2. The van der Waals surface area contributed by atoms with Gasteiger partial charge in [0, 0.05) is 6.42 Å². The zero-order valence-corrected chi connectivity index (χ0v) is 24.4. The molecule has 0 bridgehead atoms. The minimum Gasteiger partial charge on any atom is -0.390 e. The van der Waals surface area contributed by atoms with Crippen molar-refractivity contribution >= 4 is 0 Å². The molecule has 0 amide bonds. The summed E-state index contributed by atoms with van der Waals surface area (Å²) >= 11 is 0. The largest absolute Gasteiger partial charge is 0.390 e. The molecule has 3 aliphatic rings. The number of hydrogen-bond acceptors (Lipinski definition) is 5. The first kappa shape index (κ1) is 30.3. The van der Waals surface area contributed by atoms with Crippen LogP contribution in [0.15, 0.2) is 0 Å². The van der Waals surface area contributed by atoms with Crippen molar-refractivity contribution < 1.29 is 24.8 Å². The van der Waals surface area contributed by atoms with Crippen molar-refractivity contribution in [3.63, 3.8) is 0 Å². The fraction of sp³-hybridized carbons (Fsp3) is 1.00. The van der Waals surface area contributed by atoms with E-state index in [4.69, 9.17) is 9.47 Å². The molecule has 13 atom stereocenters. The second-order valence-electron chi connectivity index (χ2n) is 13.5. The molecule has 212 valence electrons. The predicted octanol–water partition coefficient (Wildman–Crippen LogP) is 6.04. The molecule has 5 nitrogen and oxygen atoms in total. The van der Waals surface area contributed by atoms with E-state index in [1.165, 1.54) is 12.8 Å². The van der Waals surface area contributed by atoms with E-state index in [2.05, 4.69) is 41.5 Å². The number of fused-ring (bicyclic) bond motifs is 1. The molecule has 2 aliphatic carbocycles. The summed E-state index contributed by atoms with van der Waals surface area (Å²) < 4.78 is 12.2. The summed E-state index contributed by atoms with van der Waals surface area (Å²) in [6.07, 6.45) is 8.25. The number of hydrogen-bond donors (Lipinski definition) is 3. The van der Waals surface area contributed by atoms with Gasteiger partial charge in [-0.05, 0) is 99.2 Å². The minimum absolute atomic E-state index is 0.0107. The zero-order chi connectivity index (χ0) is 26.6. The van der Waals surface area contributed by atoms with Gasteiger partial charge in [0.2, 0.25) is 0 Å². The molecule has 2 saturated carbocycles. The van der Waals surface area contributed by atoms with Crippen LogP contribution in [0.5, 0.6) is 0 Å². The molecule has 0 aromatic carbocycles. The topological polar surface area (TPSA) is 79.2 Å². The Morgan fingerprint density at radius 2 is 1.53 bits per heavy atom. The van der Waals surface area contributed by atoms with Gasteiger partial charge in [0.25, 0.3) is 0 Å². The van der Waals surface area contributed by atoms with Crippen molar-refractivity contribution in [2.75, 3.05) is 13.2 Å². The van der Waals surface area contributed by atoms with Gasteiger partial charge in [0.1, 0.15) is 0 Å². The van der Waals surface area contributed by atoms with Gasteiger partial charge in [-0.3, -0.25) is 0 Å². The van der Waals surface area contributed by atoms with E-state index < -0.39 is 18.0 Å². The van der Waals surface area contributed by atoms with Crippen molar-refractivity contribution in [3.05, 3.63) is 0 Å². The van der Waals surface area contributed by atoms with Crippen LogP contribution in [0.2, 0.25) is 0 Å². The summed E-state index contributed by atoms with van der Waals surface area (Å²) in [5, 5.41) is 33.6. The second-order valence-corrected chi connectivity index (χ2v) is 13.5. The molecule has 5 heteroatoms. The van der Waals surface area contributed by atoms with Crippen LogP contribution < -0.4 is 0 Å². The molecular weight excluding hydrogens is 452 g/mol. The molecule has 8 unspecified atom stereocenters. The second kappa shape index (κ2) is 13.2. The van der Waals surface area contributed by atoms with E-state index in [1.54, 1.807) is 6.92 Å². The smallest absolute Gasteiger partial charge is 0.162 e. The van der Waals surface area contributed by atoms with Crippen LogP contribution in [0.3, 0.4) is 0 Å². The third kappa shape index (κ3) is 7.46. The van der Waals surface area contributed by atoms with E-state index in [0.29, 0.717) is 54.6 Å². The van der Waals surface area contributed by atoms with Crippen molar-refractivity contribution in [2.24, 2.45) is 53.3 Å². The fourth-order valence-electron chi connectivity index (χ4n) is 8.16. The Balaban J connectivity index is 1.67. The molecule has 0 aromatic rings. The van der Waals surface area contributed by atoms with Crippen LogP contribution in [0.25, 0.3) is 0 Å². The van der Waals surface area contributed by atoms with Crippen molar-refractivity contribution in [2.45, 2.75) is 130 Å². The van der Waals surface area contributed by atoms with E-state index in [0.717, 1.165) is 45.1 Å². The molecule has 1 heterocycles. The van der Waals surface area contributed by atoms with Gasteiger partial charge >= 0.3 is 0 Å². The molecule has 3 N–H and O–H groups in total. The van der Waals surface area contributed by atoms with Crippen LogP contribution >= 0.6 is 0 Å². The lowest BCUT2D eigenvalue weighted by Crippen LogP contribution is -2.48. The molecule has 0 spiro atoms. The molecular formula is C31H58O5. The standard InChI is InChI=1S/C31H58O5/c1-8-15-31(7,34)36-17-24-16-19(2)9-12-26(24)22(5)29(32)30(33)23(6)27-13-10-20(3)25-14-11-21(4)35-18-28(25)27/h19-30,32-34H,8-18H2,1-7H3/t19-,20-,21?,22?,23?,24?,25?,26+,27+,28?,29?,30?,31+/m1/s1. The molecule has 0 aromatic heterocycles. The maximum Gasteiger partial charge on any atom is 0.162 e. The van der Waals surface area contributed by atoms with Gasteiger partial charge in [-0.2, -0.15) is 0 Å². The lowest BCUT2D eigenvalue weighted by atomic mass is 9.61. The first-order valence-electron chi connectivity index (χ1n) is 15.3. The Kier molecular flexibility index (Phi) is 11.2. The highest BCUT2D eigenvalue weighted by Gasteiger charge is 2.45. The molecule has 36 heavy (non-hydrogen) atoms. The molecule has 3 rings (SSSR count). The fourth-order valence-corrected chi connectivity index (χ4v) is 8.16. The molecule has 1 aliphatic heterocycles. The Bertz CT molecular complexity index is 653.